The number of carbonyl (C=O) groups is 1. The molecule has 0 saturated heterocycles. The zero-order valence-electron chi connectivity index (χ0n) is 14.7. The SMILES string of the molecule is C/C(=N/NC(=O)CN(c1ccccc1C)S(C)(=O)=O)c1cccc(Br)c1. The maximum absolute atomic E-state index is 12.3. The highest BCUT2D eigenvalue weighted by molar-refractivity contribution is 9.10. The average molecular weight is 438 g/mol. The Morgan fingerprint density at radius 2 is 1.88 bits per heavy atom. The van der Waals surface area contributed by atoms with Gasteiger partial charge in [0.1, 0.15) is 6.54 Å². The van der Waals surface area contributed by atoms with Crippen LogP contribution in [-0.2, 0) is 14.8 Å². The first-order valence-electron chi connectivity index (χ1n) is 7.81. The Bertz CT molecular complexity index is 942. The molecule has 0 heterocycles. The van der Waals surface area contributed by atoms with Crippen LogP contribution < -0.4 is 9.73 Å². The number of nitrogens with one attached hydrogen (secondary N) is 1. The molecule has 0 aliphatic heterocycles. The summed E-state index contributed by atoms with van der Waals surface area (Å²) >= 11 is 3.38. The zero-order chi connectivity index (χ0) is 19.3. The molecule has 0 fully saturated rings. The van der Waals surface area contributed by atoms with Gasteiger partial charge in [-0.3, -0.25) is 9.10 Å². The van der Waals surface area contributed by atoms with Crippen molar-refractivity contribution in [2.45, 2.75) is 13.8 Å². The van der Waals surface area contributed by atoms with Gasteiger partial charge in [-0.2, -0.15) is 5.10 Å². The van der Waals surface area contributed by atoms with E-state index in [2.05, 4.69) is 26.5 Å². The maximum atomic E-state index is 12.3. The van der Waals surface area contributed by atoms with Crippen molar-refractivity contribution in [2.75, 3.05) is 17.1 Å². The average Bonchev–Trinajstić information content (AvgIpc) is 2.57. The van der Waals surface area contributed by atoms with Crippen molar-refractivity contribution in [3.63, 3.8) is 0 Å². The normalized spacial score (nSPS) is 11.9. The fourth-order valence-corrected chi connectivity index (χ4v) is 3.63. The summed E-state index contributed by atoms with van der Waals surface area (Å²) in [5.41, 5.74) is 5.11. The molecular weight excluding hydrogens is 418 g/mol. The lowest BCUT2D eigenvalue weighted by atomic mass is 10.1. The summed E-state index contributed by atoms with van der Waals surface area (Å²) in [5, 5.41) is 4.06. The van der Waals surface area contributed by atoms with Gasteiger partial charge in [-0.05, 0) is 43.2 Å². The second kappa shape index (κ2) is 8.46. The van der Waals surface area contributed by atoms with Crippen LogP contribution in [0, 0.1) is 6.92 Å². The number of halogens is 1. The highest BCUT2D eigenvalue weighted by Crippen LogP contribution is 2.21. The number of anilines is 1. The lowest BCUT2D eigenvalue weighted by Crippen LogP contribution is -2.39. The number of aryl methyl sites for hydroxylation is 1. The molecule has 0 unspecified atom stereocenters. The summed E-state index contributed by atoms with van der Waals surface area (Å²) in [6, 6.07) is 14.5. The van der Waals surface area contributed by atoms with Crippen LogP contribution in [0.5, 0.6) is 0 Å². The molecule has 1 amide bonds. The second-order valence-electron chi connectivity index (χ2n) is 5.80. The van der Waals surface area contributed by atoms with E-state index in [4.69, 9.17) is 0 Å². The highest BCUT2D eigenvalue weighted by atomic mass is 79.9. The first-order valence-corrected chi connectivity index (χ1v) is 10.4. The summed E-state index contributed by atoms with van der Waals surface area (Å²) in [6.07, 6.45) is 1.07. The molecule has 1 N–H and O–H groups in total. The van der Waals surface area contributed by atoms with E-state index in [9.17, 15) is 13.2 Å². The molecule has 0 spiro atoms. The lowest BCUT2D eigenvalue weighted by Gasteiger charge is -2.23. The monoisotopic (exact) mass is 437 g/mol. The number of hydrazone groups is 1. The summed E-state index contributed by atoms with van der Waals surface area (Å²) in [4.78, 5) is 12.3. The van der Waals surface area contributed by atoms with E-state index in [-0.39, 0.29) is 6.54 Å². The van der Waals surface area contributed by atoms with Gasteiger partial charge in [-0.25, -0.2) is 13.8 Å². The van der Waals surface area contributed by atoms with Gasteiger partial charge in [0.2, 0.25) is 10.0 Å². The van der Waals surface area contributed by atoms with Crippen LogP contribution in [0.1, 0.15) is 18.1 Å². The summed E-state index contributed by atoms with van der Waals surface area (Å²) in [7, 11) is -3.61. The molecular formula is C18H20BrN3O3S. The van der Waals surface area contributed by atoms with Crippen molar-refractivity contribution in [2.24, 2.45) is 5.10 Å². The van der Waals surface area contributed by atoms with Crippen molar-refractivity contribution in [1.29, 1.82) is 0 Å². The maximum Gasteiger partial charge on any atom is 0.260 e. The topological polar surface area (TPSA) is 78.8 Å². The number of carbonyl (C=O) groups excluding carboxylic acids is 1. The Balaban J connectivity index is 2.16. The molecule has 2 aromatic rings. The van der Waals surface area contributed by atoms with Gasteiger partial charge < -0.3 is 0 Å². The molecule has 0 atom stereocenters. The van der Waals surface area contributed by atoms with E-state index < -0.39 is 15.9 Å². The lowest BCUT2D eigenvalue weighted by molar-refractivity contribution is -0.119. The van der Waals surface area contributed by atoms with Crippen LogP contribution >= 0.6 is 15.9 Å². The Morgan fingerprint density at radius 3 is 2.50 bits per heavy atom. The molecule has 26 heavy (non-hydrogen) atoms. The molecule has 2 rings (SSSR count). The van der Waals surface area contributed by atoms with Gasteiger partial charge >= 0.3 is 0 Å². The second-order valence-corrected chi connectivity index (χ2v) is 8.62. The fraction of sp³-hybridized carbons (Fsp3) is 0.222. The number of sulfonamides is 1. The van der Waals surface area contributed by atoms with Gasteiger partial charge in [0.25, 0.3) is 5.91 Å². The first kappa shape index (κ1) is 20.1. The van der Waals surface area contributed by atoms with Crippen LogP contribution in [0.2, 0.25) is 0 Å². The van der Waals surface area contributed by atoms with Crippen molar-refractivity contribution >= 4 is 43.3 Å². The minimum Gasteiger partial charge on any atom is -0.271 e. The van der Waals surface area contributed by atoms with Crippen LogP contribution in [0.15, 0.2) is 58.1 Å². The predicted octanol–water partition coefficient (Wildman–Crippen LogP) is 3.06. The molecule has 2 aromatic carbocycles. The third kappa shape index (κ3) is 5.40. The number of amides is 1. The number of hydrogen-bond acceptors (Lipinski definition) is 4. The van der Waals surface area contributed by atoms with E-state index in [0.29, 0.717) is 11.4 Å². The van der Waals surface area contributed by atoms with Gasteiger partial charge in [0.05, 0.1) is 17.7 Å². The molecule has 0 aliphatic carbocycles. The van der Waals surface area contributed by atoms with Crippen LogP contribution in [-0.4, -0.2) is 32.8 Å². The number of rotatable bonds is 6. The zero-order valence-corrected chi connectivity index (χ0v) is 17.1. The predicted molar refractivity (Wildman–Crippen MR) is 108 cm³/mol. The molecule has 0 aromatic heterocycles. The quantitative estimate of drug-likeness (QED) is 0.556. The number of benzene rings is 2. The van der Waals surface area contributed by atoms with Gasteiger partial charge in [0, 0.05) is 4.47 Å². The summed E-state index contributed by atoms with van der Waals surface area (Å²) < 4.78 is 26.2. The smallest absolute Gasteiger partial charge is 0.260 e. The molecule has 0 radical (unpaired) electrons. The number of para-hydroxylation sites is 1. The molecule has 138 valence electrons. The van der Waals surface area contributed by atoms with Gasteiger partial charge in [-0.1, -0.05) is 46.3 Å². The van der Waals surface area contributed by atoms with Crippen molar-refractivity contribution in [3.05, 3.63) is 64.1 Å². The molecule has 0 saturated carbocycles. The molecule has 6 nitrogen and oxygen atoms in total. The summed E-state index contributed by atoms with van der Waals surface area (Å²) in [6.45, 7) is 3.21. The van der Waals surface area contributed by atoms with Crippen molar-refractivity contribution in [3.8, 4) is 0 Å². The first-order chi connectivity index (χ1) is 12.2. The van der Waals surface area contributed by atoms with E-state index in [1.807, 2.05) is 30.3 Å². The van der Waals surface area contributed by atoms with Crippen LogP contribution in [0.25, 0.3) is 0 Å². The van der Waals surface area contributed by atoms with E-state index >= 15 is 0 Å². The third-order valence-electron chi connectivity index (χ3n) is 3.66. The molecule has 0 aliphatic rings. The Labute approximate surface area is 162 Å². The van der Waals surface area contributed by atoms with Crippen molar-refractivity contribution < 1.29 is 13.2 Å². The minimum atomic E-state index is -3.61. The standard InChI is InChI=1S/C18H20BrN3O3S/c1-13-7-4-5-10-17(13)22(26(3,24)25)12-18(23)21-20-14(2)15-8-6-9-16(19)11-15/h4-11H,12H2,1-3H3,(H,21,23)/b20-14-. The fourth-order valence-electron chi connectivity index (χ4n) is 2.31. The van der Waals surface area contributed by atoms with E-state index in [0.717, 1.165) is 26.2 Å². The molecule has 8 heteroatoms. The van der Waals surface area contributed by atoms with Crippen LogP contribution in [0.3, 0.4) is 0 Å². The van der Waals surface area contributed by atoms with E-state index in [1.165, 1.54) is 0 Å². The van der Waals surface area contributed by atoms with Gasteiger partial charge in [-0.15, -0.1) is 0 Å². The number of hydrogen-bond donors (Lipinski definition) is 1. The van der Waals surface area contributed by atoms with Gasteiger partial charge in [0.15, 0.2) is 0 Å². The third-order valence-corrected chi connectivity index (χ3v) is 5.28. The summed E-state index contributed by atoms with van der Waals surface area (Å²) in [5.74, 6) is -0.520. The highest BCUT2D eigenvalue weighted by Gasteiger charge is 2.22. The Kier molecular flexibility index (Phi) is 6.55. The van der Waals surface area contributed by atoms with Crippen molar-refractivity contribution in [1.82, 2.24) is 5.43 Å². The molecule has 0 bridgehead atoms. The minimum absolute atomic E-state index is 0.348. The van der Waals surface area contributed by atoms with E-state index in [1.54, 1.807) is 32.0 Å². The largest absolute Gasteiger partial charge is 0.271 e. The Hall–Kier alpha value is -2.19. The number of nitrogens with zero attached hydrogens (tertiary/aromatic N) is 2. The van der Waals surface area contributed by atoms with Crippen LogP contribution in [0.4, 0.5) is 5.69 Å². The Morgan fingerprint density at radius 1 is 1.19 bits per heavy atom.